The van der Waals surface area contributed by atoms with E-state index in [0.717, 1.165) is 29.1 Å². The number of rotatable bonds is 5. The van der Waals surface area contributed by atoms with Crippen molar-refractivity contribution in [3.05, 3.63) is 47.9 Å². The zero-order valence-electron chi connectivity index (χ0n) is 18.5. The Hall–Kier alpha value is -3.17. The number of carbonyl (C=O) groups is 1. The summed E-state index contributed by atoms with van der Waals surface area (Å²) in [5.74, 6) is 0.607. The molecule has 2 aliphatic heterocycles. The zero-order valence-corrected chi connectivity index (χ0v) is 18.5. The molecule has 9 heteroatoms. The lowest BCUT2D eigenvalue weighted by atomic mass is 10.0. The summed E-state index contributed by atoms with van der Waals surface area (Å²) in [7, 11) is 1.67. The molecular weight excluding hydrogens is 410 g/mol. The van der Waals surface area contributed by atoms with E-state index in [1.165, 1.54) is 0 Å². The maximum Gasteiger partial charge on any atom is 0.261 e. The molecule has 0 saturated carbocycles. The van der Waals surface area contributed by atoms with Crippen molar-refractivity contribution in [2.45, 2.75) is 32.0 Å². The molecule has 1 atom stereocenters. The molecule has 0 bridgehead atoms. The number of amides is 1. The second-order valence-electron chi connectivity index (χ2n) is 8.81. The van der Waals surface area contributed by atoms with Gasteiger partial charge in [-0.05, 0) is 26.0 Å². The third kappa shape index (κ3) is 3.89. The minimum absolute atomic E-state index is 0.0354. The van der Waals surface area contributed by atoms with Gasteiger partial charge in [0.15, 0.2) is 5.65 Å². The fourth-order valence-corrected chi connectivity index (χ4v) is 4.40. The second kappa shape index (κ2) is 8.07. The first-order valence-corrected chi connectivity index (χ1v) is 10.7. The lowest BCUT2D eigenvalue weighted by molar-refractivity contribution is -0.01000. The van der Waals surface area contributed by atoms with E-state index < -0.39 is 0 Å². The number of hydrogen-bond donors (Lipinski definition) is 1. The van der Waals surface area contributed by atoms with Gasteiger partial charge in [0.1, 0.15) is 16.9 Å². The van der Waals surface area contributed by atoms with E-state index in [1.54, 1.807) is 36.3 Å². The van der Waals surface area contributed by atoms with Crippen molar-refractivity contribution < 1.29 is 19.0 Å². The number of aromatic nitrogens is 3. The van der Waals surface area contributed by atoms with Gasteiger partial charge in [-0.15, -0.1) is 0 Å². The highest BCUT2D eigenvalue weighted by Gasteiger charge is 2.33. The number of nitrogens with one attached hydrogen (secondary N) is 1. The van der Waals surface area contributed by atoms with Crippen LogP contribution in [0.4, 0.5) is 11.4 Å². The number of ether oxygens (including phenoxy) is 3. The Morgan fingerprint density at radius 2 is 2.25 bits per heavy atom. The Morgan fingerprint density at radius 1 is 1.38 bits per heavy atom. The molecule has 1 saturated heterocycles. The van der Waals surface area contributed by atoms with Gasteiger partial charge < -0.3 is 24.4 Å². The average molecular weight is 438 g/mol. The maximum absolute atomic E-state index is 13.2. The molecule has 5 rings (SSSR count). The monoisotopic (exact) mass is 437 g/mol. The van der Waals surface area contributed by atoms with Gasteiger partial charge in [0.25, 0.3) is 5.91 Å². The molecule has 0 spiro atoms. The van der Waals surface area contributed by atoms with Gasteiger partial charge in [-0.3, -0.25) is 4.79 Å². The van der Waals surface area contributed by atoms with Gasteiger partial charge in [0, 0.05) is 50.6 Å². The van der Waals surface area contributed by atoms with Crippen LogP contribution in [0.2, 0.25) is 0 Å². The van der Waals surface area contributed by atoms with Crippen LogP contribution in [-0.4, -0.2) is 65.6 Å². The van der Waals surface area contributed by atoms with Crippen LogP contribution in [0.1, 0.15) is 29.8 Å². The van der Waals surface area contributed by atoms with Gasteiger partial charge in [-0.1, -0.05) is 0 Å². The van der Waals surface area contributed by atoms with E-state index in [9.17, 15) is 4.79 Å². The van der Waals surface area contributed by atoms with E-state index in [4.69, 9.17) is 14.2 Å². The number of nitrogens with zero attached hydrogens (tertiary/aromatic N) is 4. The Balaban J connectivity index is 1.50. The number of anilines is 2. The lowest BCUT2D eigenvalue weighted by Crippen LogP contribution is -2.44. The van der Waals surface area contributed by atoms with Crippen LogP contribution in [0.15, 0.2) is 36.8 Å². The molecule has 1 aromatic carbocycles. The van der Waals surface area contributed by atoms with Crippen molar-refractivity contribution in [3.63, 3.8) is 0 Å². The normalized spacial score (nSPS) is 19.6. The van der Waals surface area contributed by atoms with E-state index in [-0.39, 0.29) is 17.6 Å². The van der Waals surface area contributed by atoms with Crippen LogP contribution in [-0.2, 0) is 15.9 Å². The van der Waals surface area contributed by atoms with E-state index in [0.29, 0.717) is 37.5 Å². The molecular formula is C23H27N5O4. The zero-order chi connectivity index (χ0) is 22.3. The summed E-state index contributed by atoms with van der Waals surface area (Å²) in [6, 6.07) is 5.83. The van der Waals surface area contributed by atoms with Crippen molar-refractivity contribution in [2.24, 2.45) is 0 Å². The summed E-state index contributed by atoms with van der Waals surface area (Å²) in [5.41, 5.74) is 3.38. The summed E-state index contributed by atoms with van der Waals surface area (Å²) in [6.45, 7) is 6.61. The van der Waals surface area contributed by atoms with Crippen molar-refractivity contribution in [2.75, 3.05) is 43.6 Å². The van der Waals surface area contributed by atoms with Gasteiger partial charge >= 0.3 is 0 Å². The molecule has 1 N–H and O–H groups in total. The summed E-state index contributed by atoms with van der Waals surface area (Å²) in [4.78, 5) is 19.7. The quantitative estimate of drug-likeness (QED) is 0.656. The molecule has 9 nitrogen and oxygen atoms in total. The van der Waals surface area contributed by atoms with Gasteiger partial charge in [0.05, 0.1) is 36.9 Å². The molecule has 1 fully saturated rings. The van der Waals surface area contributed by atoms with Crippen molar-refractivity contribution >= 4 is 22.9 Å². The van der Waals surface area contributed by atoms with E-state index >= 15 is 0 Å². The van der Waals surface area contributed by atoms with Gasteiger partial charge in [-0.25, -0.2) is 9.50 Å². The first-order valence-electron chi connectivity index (χ1n) is 10.7. The summed E-state index contributed by atoms with van der Waals surface area (Å²) < 4.78 is 18.9. The second-order valence-corrected chi connectivity index (χ2v) is 8.81. The van der Waals surface area contributed by atoms with Gasteiger partial charge in [-0.2, -0.15) is 5.10 Å². The molecule has 2 aliphatic rings. The summed E-state index contributed by atoms with van der Waals surface area (Å²) >= 11 is 0. The predicted molar refractivity (Wildman–Crippen MR) is 120 cm³/mol. The van der Waals surface area contributed by atoms with Crippen molar-refractivity contribution in [3.8, 4) is 5.75 Å². The molecule has 2 aromatic heterocycles. The van der Waals surface area contributed by atoms with E-state index in [2.05, 4.69) is 34.1 Å². The predicted octanol–water partition coefficient (Wildman–Crippen LogP) is 2.55. The highest BCUT2D eigenvalue weighted by Crippen LogP contribution is 2.42. The molecule has 0 radical (unpaired) electrons. The smallest absolute Gasteiger partial charge is 0.261 e. The van der Waals surface area contributed by atoms with Crippen molar-refractivity contribution in [1.29, 1.82) is 0 Å². The van der Waals surface area contributed by atoms with Crippen LogP contribution in [0.25, 0.3) is 5.65 Å². The van der Waals surface area contributed by atoms with Crippen molar-refractivity contribution in [1.82, 2.24) is 14.6 Å². The molecule has 0 aliphatic carbocycles. The Bertz CT molecular complexity index is 1160. The standard InChI is InChI=1S/C23H27N5O4/c1-23(2)11-15-9-18(26-22(29)17-12-25-28-6-4-5-24-21(17)28)19(10-20(15)32-23)27-7-8-31-16(13-27)14-30-3/h4-6,9-10,12,16H,7-8,11,13-14H2,1-3H3,(H,26,29). The third-order valence-corrected chi connectivity index (χ3v) is 5.79. The minimum Gasteiger partial charge on any atom is -0.487 e. The van der Waals surface area contributed by atoms with Crippen LogP contribution >= 0.6 is 0 Å². The molecule has 4 heterocycles. The largest absolute Gasteiger partial charge is 0.487 e. The SMILES string of the molecule is COCC1CN(c2cc3c(cc2NC(=O)c2cnn4cccnc24)CC(C)(C)O3)CCO1. The number of methoxy groups -OCH3 is 1. The lowest BCUT2D eigenvalue weighted by Gasteiger charge is -2.35. The Labute approximate surface area is 186 Å². The molecule has 1 amide bonds. The van der Waals surface area contributed by atoms with Crippen LogP contribution in [0.5, 0.6) is 5.75 Å². The molecule has 168 valence electrons. The topological polar surface area (TPSA) is 90.2 Å². The Morgan fingerprint density at radius 3 is 3.09 bits per heavy atom. The minimum atomic E-state index is -0.280. The summed E-state index contributed by atoms with van der Waals surface area (Å²) in [6.07, 6.45) is 5.70. The molecule has 1 unspecified atom stereocenters. The number of benzene rings is 1. The number of carbonyl (C=O) groups excluding carboxylic acids is 1. The van der Waals surface area contributed by atoms with E-state index in [1.807, 2.05) is 12.1 Å². The number of morpholine rings is 1. The fourth-order valence-electron chi connectivity index (χ4n) is 4.40. The highest BCUT2D eigenvalue weighted by atomic mass is 16.5. The fraction of sp³-hybridized carbons (Fsp3) is 0.435. The van der Waals surface area contributed by atoms with Crippen LogP contribution < -0.4 is 15.0 Å². The molecule has 3 aromatic rings. The first-order chi connectivity index (χ1) is 15.4. The highest BCUT2D eigenvalue weighted by molar-refractivity contribution is 6.09. The van der Waals surface area contributed by atoms with Gasteiger partial charge in [0.2, 0.25) is 0 Å². The van der Waals surface area contributed by atoms with Crippen LogP contribution in [0, 0.1) is 0 Å². The first kappa shape index (κ1) is 20.7. The number of fused-ring (bicyclic) bond motifs is 2. The van der Waals surface area contributed by atoms with Crippen LogP contribution in [0.3, 0.4) is 0 Å². The summed E-state index contributed by atoms with van der Waals surface area (Å²) in [5, 5.41) is 7.34. The third-order valence-electron chi connectivity index (χ3n) is 5.79. The average Bonchev–Trinajstić information content (AvgIpc) is 3.32. The number of hydrogen-bond acceptors (Lipinski definition) is 7. The maximum atomic E-state index is 13.2. The Kier molecular flexibility index (Phi) is 5.22. The molecule has 32 heavy (non-hydrogen) atoms.